The summed E-state index contributed by atoms with van der Waals surface area (Å²) in [6.45, 7) is 4.10. The lowest BCUT2D eigenvalue weighted by atomic mass is 10.4. The number of hydrogen-bond acceptors (Lipinski definition) is 7. The van der Waals surface area contributed by atoms with Crippen molar-refractivity contribution in [1.82, 2.24) is 14.5 Å². The highest BCUT2D eigenvalue weighted by atomic mass is 32.2. The van der Waals surface area contributed by atoms with E-state index in [0.717, 1.165) is 23.7 Å². The Morgan fingerprint density at radius 1 is 1.44 bits per heavy atom. The van der Waals surface area contributed by atoms with E-state index in [1.54, 1.807) is 0 Å². The largest absolute Gasteiger partial charge is 0.374 e. The minimum Gasteiger partial charge on any atom is -0.374 e. The monoisotopic (exact) mass is 292 g/mol. The summed E-state index contributed by atoms with van der Waals surface area (Å²) < 4.78 is 26.1. The quantitative estimate of drug-likeness (QED) is 0.765. The fraction of sp³-hybridized carbons (Fsp3) is 0.800. The van der Waals surface area contributed by atoms with E-state index in [-0.39, 0.29) is 5.75 Å². The van der Waals surface area contributed by atoms with Crippen LogP contribution in [0.5, 0.6) is 0 Å². The molecule has 104 valence electrons. The van der Waals surface area contributed by atoms with Crippen LogP contribution < -0.4 is 5.32 Å². The van der Waals surface area contributed by atoms with E-state index < -0.39 is 9.84 Å². The molecule has 1 heterocycles. The molecule has 1 rings (SSSR count). The first-order valence-corrected chi connectivity index (χ1v) is 8.67. The summed E-state index contributed by atoms with van der Waals surface area (Å²) in [4.78, 5) is 1.94. The van der Waals surface area contributed by atoms with Gasteiger partial charge in [0.25, 0.3) is 0 Å². The van der Waals surface area contributed by atoms with Crippen LogP contribution in [-0.4, -0.2) is 55.1 Å². The van der Waals surface area contributed by atoms with Crippen LogP contribution >= 0.6 is 11.5 Å². The predicted octanol–water partition coefficient (Wildman–Crippen LogP) is 0.836. The zero-order valence-corrected chi connectivity index (χ0v) is 12.6. The zero-order valence-electron chi connectivity index (χ0n) is 11.0. The van der Waals surface area contributed by atoms with Gasteiger partial charge in [0.1, 0.15) is 20.5 Å². The summed E-state index contributed by atoms with van der Waals surface area (Å²) in [6, 6.07) is 0. The third-order valence-electron chi connectivity index (χ3n) is 2.35. The number of nitrogens with zero attached hydrogens (tertiary/aromatic N) is 3. The van der Waals surface area contributed by atoms with Crippen molar-refractivity contribution in [2.45, 2.75) is 19.9 Å². The molecule has 0 unspecified atom stereocenters. The number of hydrogen-bond donors (Lipinski definition) is 1. The summed E-state index contributed by atoms with van der Waals surface area (Å²) in [6.07, 6.45) is 2.29. The number of anilines is 1. The van der Waals surface area contributed by atoms with Crippen molar-refractivity contribution in [3.05, 3.63) is 5.69 Å². The van der Waals surface area contributed by atoms with Crippen molar-refractivity contribution in [3.8, 4) is 0 Å². The molecule has 0 aliphatic rings. The van der Waals surface area contributed by atoms with Crippen LogP contribution in [-0.2, 0) is 16.4 Å². The second-order valence-corrected chi connectivity index (χ2v) is 7.36. The van der Waals surface area contributed by atoms with Crippen molar-refractivity contribution < 1.29 is 8.42 Å². The zero-order chi connectivity index (χ0) is 13.6. The van der Waals surface area contributed by atoms with E-state index >= 15 is 0 Å². The molecule has 0 fully saturated rings. The molecule has 1 N–H and O–H groups in total. The van der Waals surface area contributed by atoms with Gasteiger partial charge in [-0.15, -0.1) is 5.10 Å². The fourth-order valence-corrected chi connectivity index (χ4v) is 2.58. The van der Waals surface area contributed by atoms with Crippen LogP contribution in [0.1, 0.15) is 19.0 Å². The van der Waals surface area contributed by atoms with Gasteiger partial charge in [0.2, 0.25) is 0 Å². The van der Waals surface area contributed by atoms with Crippen LogP contribution in [0.4, 0.5) is 5.00 Å². The van der Waals surface area contributed by atoms with Crippen LogP contribution in [0.25, 0.3) is 0 Å². The van der Waals surface area contributed by atoms with Crippen LogP contribution in [0, 0.1) is 0 Å². The summed E-state index contributed by atoms with van der Waals surface area (Å²) in [5.74, 6) is 0.165. The molecule has 0 bridgehead atoms. The van der Waals surface area contributed by atoms with Gasteiger partial charge in [0, 0.05) is 37.4 Å². The summed E-state index contributed by atoms with van der Waals surface area (Å²) in [5, 5.41) is 8.31. The minimum atomic E-state index is -2.91. The SMILES string of the molecule is CCCNc1snnc1CN(C)CCS(C)(=O)=O. The Labute approximate surface area is 112 Å². The van der Waals surface area contributed by atoms with Gasteiger partial charge in [-0.1, -0.05) is 11.4 Å². The highest BCUT2D eigenvalue weighted by Crippen LogP contribution is 2.18. The maximum atomic E-state index is 11.1. The van der Waals surface area contributed by atoms with E-state index in [2.05, 4.69) is 21.8 Å². The van der Waals surface area contributed by atoms with Crippen molar-refractivity contribution >= 4 is 26.4 Å². The first kappa shape index (κ1) is 15.3. The molecule has 1 aromatic rings. The molecule has 0 atom stereocenters. The second kappa shape index (κ2) is 7.01. The minimum absolute atomic E-state index is 0.165. The van der Waals surface area contributed by atoms with E-state index in [9.17, 15) is 8.42 Å². The summed E-state index contributed by atoms with van der Waals surface area (Å²) in [5.41, 5.74) is 0.879. The van der Waals surface area contributed by atoms with Gasteiger partial charge in [0.05, 0.1) is 5.75 Å². The van der Waals surface area contributed by atoms with Crippen molar-refractivity contribution in [3.63, 3.8) is 0 Å². The Morgan fingerprint density at radius 3 is 2.78 bits per heavy atom. The summed E-state index contributed by atoms with van der Waals surface area (Å²) in [7, 11) is -1.03. The number of nitrogens with one attached hydrogen (secondary N) is 1. The Bertz CT molecular complexity index is 458. The molecule has 18 heavy (non-hydrogen) atoms. The van der Waals surface area contributed by atoms with Gasteiger partial charge in [-0.05, 0) is 13.5 Å². The van der Waals surface area contributed by atoms with Crippen molar-refractivity contribution in [2.75, 3.05) is 37.5 Å². The van der Waals surface area contributed by atoms with E-state index in [1.165, 1.54) is 17.8 Å². The normalized spacial score (nSPS) is 12.0. The first-order chi connectivity index (χ1) is 8.42. The van der Waals surface area contributed by atoms with Gasteiger partial charge < -0.3 is 5.32 Å². The maximum absolute atomic E-state index is 11.1. The highest BCUT2D eigenvalue weighted by molar-refractivity contribution is 7.90. The van der Waals surface area contributed by atoms with Crippen molar-refractivity contribution in [1.29, 1.82) is 0 Å². The molecule has 0 radical (unpaired) electrons. The molecule has 0 saturated carbocycles. The number of rotatable bonds is 8. The molecular weight excluding hydrogens is 272 g/mol. The highest BCUT2D eigenvalue weighted by Gasteiger charge is 2.11. The Morgan fingerprint density at radius 2 is 2.17 bits per heavy atom. The third-order valence-corrected chi connectivity index (χ3v) is 4.00. The van der Waals surface area contributed by atoms with E-state index in [0.29, 0.717) is 13.1 Å². The lowest BCUT2D eigenvalue weighted by Crippen LogP contribution is -2.25. The molecule has 0 saturated heterocycles. The Hall–Kier alpha value is -0.730. The molecule has 1 aromatic heterocycles. The lowest BCUT2D eigenvalue weighted by molar-refractivity contribution is 0.342. The van der Waals surface area contributed by atoms with Gasteiger partial charge >= 0.3 is 0 Å². The van der Waals surface area contributed by atoms with Gasteiger partial charge in [-0.25, -0.2) is 8.42 Å². The van der Waals surface area contributed by atoms with Gasteiger partial charge in [-0.3, -0.25) is 4.90 Å². The fourth-order valence-electron chi connectivity index (χ4n) is 1.34. The van der Waals surface area contributed by atoms with Crippen LogP contribution in [0.2, 0.25) is 0 Å². The second-order valence-electron chi connectivity index (χ2n) is 4.34. The topological polar surface area (TPSA) is 75.2 Å². The van der Waals surface area contributed by atoms with E-state index in [1.807, 2.05) is 11.9 Å². The van der Waals surface area contributed by atoms with Crippen molar-refractivity contribution in [2.24, 2.45) is 0 Å². The first-order valence-electron chi connectivity index (χ1n) is 5.83. The average Bonchev–Trinajstić information content (AvgIpc) is 2.70. The molecule has 0 amide bonds. The molecule has 0 aliphatic carbocycles. The van der Waals surface area contributed by atoms with Gasteiger partial charge in [-0.2, -0.15) is 0 Å². The molecule has 0 aromatic carbocycles. The van der Waals surface area contributed by atoms with E-state index in [4.69, 9.17) is 0 Å². The molecule has 0 aliphatic heterocycles. The van der Waals surface area contributed by atoms with Gasteiger partial charge in [0.15, 0.2) is 0 Å². The number of aromatic nitrogens is 2. The number of sulfone groups is 1. The summed E-state index contributed by atoms with van der Waals surface area (Å²) >= 11 is 1.34. The van der Waals surface area contributed by atoms with Crippen LogP contribution in [0.15, 0.2) is 0 Å². The molecule has 6 nitrogen and oxygen atoms in total. The lowest BCUT2D eigenvalue weighted by Gasteiger charge is -2.15. The molecule has 0 spiro atoms. The predicted molar refractivity (Wildman–Crippen MR) is 74.7 cm³/mol. The Balaban J connectivity index is 2.48. The van der Waals surface area contributed by atoms with Crippen LogP contribution in [0.3, 0.4) is 0 Å². The third kappa shape index (κ3) is 5.74. The molecule has 8 heteroatoms. The average molecular weight is 292 g/mol. The Kier molecular flexibility index (Phi) is 5.97. The molecular formula is C10H20N4O2S2. The maximum Gasteiger partial charge on any atom is 0.148 e. The standard InChI is InChI=1S/C10H20N4O2S2/c1-4-5-11-10-9(12-13-17-10)8-14(2)6-7-18(3,15)16/h11H,4-8H2,1-3H3. The smallest absolute Gasteiger partial charge is 0.148 e.